The second kappa shape index (κ2) is 4.35. The first kappa shape index (κ1) is 11.6. The molecule has 0 amide bonds. The molecule has 0 aliphatic rings. The number of fused-ring (bicyclic) bond motifs is 1. The summed E-state index contributed by atoms with van der Waals surface area (Å²) in [4.78, 5) is 10.6. The third-order valence-corrected chi connectivity index (χ3v) is 3.22. The third-order valence-electron chi connectivity index (χ3n) is 3.22. The fourth-order valence-electron chi connectivity index (χ4n) is 2.11. The molecule has 0 saturated heterocycles. The number of rotatable bonds is 2. The quantitative estimate of drug-likeness (QED) is 0.763. The van der Waals surface area contributed by atoms with Crippen LogP contribution in [0.4, 0.5) is 11.5 Å². The van der Waals surface area contributed by atoms with Crippen molar-refractivity contribution >= 4 is 22.4 Å². The van der Waals surface area contributed by atoms with E-state index in [4.69, 9.17) is 0 Å². The van der Waals surface area contributed by atoms with Crippen LogP contribution in [0.15, 0.2) is 30.5 Å². The van der Waals surface area contributed by atoms with Crippen LogP contribution in [0.5, 0.6) is 0 Å². The highest BCUT2D eigenvalue weighted by atomic mass is 15.2. The zero-order valence-electron chi connectivity index (χ0n) is 11.2. The zero-order valence-corrected chi connectivity index (χ0v) is 11.2. The van der Waals surface area contributed by atoms with Gasteiger partial charge in [-0.3, -0.25) is 5.10 Å². The van der Waals surface area contributed by atoms with Gasteiger partial charge in [-0.25, -0.2) is 9.97 Å². The standard InChI is InChI=1S/C14H15N5/c1-9-12-5-4-11(8-13(12)18-17-9)19(3)14-6-7-15-10(2)16-14/h4-8H,1-3H3,(H,17,18). The maximum Gasteiger partial charge on any atom is 0.136 e. The molecule has 3 aromatic rings. The van der Waals surface area contributed by atoms with E-state index in [9.17, 15) is 0 Å². The Morgan fingerprint density at radius 1 is 1.16 bits per heavy atom. The molecule has 3 rings (SSSR count). The summed E-state index contributed by atoms with van der Waals surface area (Å²) in [6.45, 7) is 3.91. The highest BCUT2D eigenvalue weighted by Crippen LogP contribution is 2.25. The van der Waals surface area contributed by atoms with Crippen LogP contribution in [0.25, 0.3) is 10.9 Å². The van der Waals surface area contributed by atoms with E-state index in [1.54, 1.807) is 6.20 Å². The molecule has 96 valence electrons. The van der Waals surface area contributed by atoms with E-state index >= 15 is 0 Å². The van der Waals surface area contributed by atoms with Gasteiger partial charge in [0.1, 0.15) is 11.6 Å². The van der Waals surface area contributed by atoms with Crippen LogP contribution in [0.3, 0.4) is 0 Å². The summed E-state index contributed by atoms with van der Waals surface area (Å²) in [5.41, 5.74) is 3.10. The van der Waals surface area contributed by atoms with Crippen molar-refractivity contribution < 1.29 is 0 Å². The van der Waals surface area contributed by atoms with Crippen LogP contribution >= 0.6 is 0 Å². The molecular weight excluding hydrogens is 238 g/mol. The number of H-pyrrole nitrogens is 1. The molecule has 0 atom stereocenters. The number of benzene rings is 1. The van der Waals surface area contributed by atoms with Crippen LogP contribution < -0.4 is 4.90 Å². The second-order valence-corrected chi connectivity index (χ2v) is 4.57. The van der Waals surface area contributed by atoms with Crippen molar-refractivity contribution in [3.8, 4) is 0 Å². The zero-order chi connectivity index (χ0) is 13.4. The molecule has 0 unspecified atom stereocenters. The maximum absolute atomic E-state index is 4.42. The van der Waals surface area contributed by atoms with Gasteiger partial charge in [-0.05, 0) is 38.1 Å². The van der Waals surface area contributed by atoms with Gasteiger partial charge in [-0.1, -0.05) is 0 Å². The maximum atomic E-state index is 4.42. The molecule has 0 spiro atoms. The summed E-state index contributed by atoms with van der Waals surface area (Å²) < 4.78 is 0. The summed E-state index contributed by atoms with van der Waals surface area (Å²) >= 11 is 0. The Kier molecular flexibility index (Phi) is 2.67. The Labute approximate surface area is 111 Å². The minimum Gasteiger partial charge on any atom is -0.329 e. The smallest absolute Gasteiger partial charge is 0.136 e. The molecule has 0 radical (unpaired) electrons. The Hall–Kier alpha value is -2.43. The number of hydrogen-bond donors (Lipinski definition) is 1. The predicted molar refractivity (Wildman–Crippen MR) is 75.7 cm³/mol. The second-order valence-electron chi connectivity index (χ2n) is 4.57. The Morgan fingerprint density at radius 3 is 2.79 bits per heavy atom. The highest BCUT2D eigenvalue weighted by molar-refractivity contribution is 5.85. The largest absolute Gasteiger partial charge is 0.329 e. The first-order chi connectivity index (χ1) is 9.15. The van der Waals surface area contributed by atoms with Crippen LogP contribution in [0.2, 0.25) is 0 Å². The van der Waals surface area contributed by atoms with Gasteiger partial charge < -0.3 is 4.90 Å². The van der Waals surface area contributed by atoms with Crippen LogP contribution in [0, 0.1) is 13.8 Å². The van der Waals surface area contributed by atoms with E-state index < -0.39 is 0 Å². The lowest BCUT2D eigenvalue weighted by Gasteiger charge is -2.18. The topological polar surface area (TPSA) is 57.7 Å². The number of nitrogens with one attached hydrogen (secondary N) is 1. The van der Waals surface area contributed by atoms with Crippen LogP contribution in [-0.2, 0) is 0 Å². The van der Waals surface area contributed by atoms with E-state index in [2.05, 4.69) is 38.4 Å². The summed E-state index contributed by atoms with van der Waals surface area (Å²) in [5, 5.41) is 8.43. The normalized spacial score (nSPS) is 10.9. The van der Waals surface area contributed by atoms with Gasteiger partial charge >= 0.3 is 0 Å². The minimum atomic E-state index is 0.765. The highest BCUT2D eigenvalue weighted by Gasteiger charge is 2.08. The first-order valence-corrected chi connectivity index (χ1v) is 6.13. The van der Waals surface area contributed by atoms with E-state index in [1.165, 1.54) is 0 Å². The van der Waals surface area contributed by atoms with Gasteiger partial charge in [-0.2, -0.15) is 5.10 Å². The molecule has 0 aliphatic heterocycles. The van der Waals surface area contributed by atoms with Gasteiger partial charge in [0.25, 0.3) is 0 Å². The van der Waals surface area contributed by atoms with E-state index in [1.807, 2.05) is 31.9 Å². The van der Waals surface area contributed by atoms with E-state index in [-0.39, 0.29) is 0 Å². The summed E-state index contributed by atoms with van der Waals surface area (Å²) in [6.07, 6.45) is 1.77. The van der Waals surface area contributed by atoms with Crippen molar-refractivity contribution in [2.24, 2.45) is 0 Å². The third kappa shape index (κ3) is 2.03. The Balaban J connectivity index is 2.03. The summed E-state index contributed by atoms with van der Waals surface area (Å²) in [6, 6.07) is 8.10. The summed E-state index contributed by atoms with van der Waals surface area (Å²) in [7, 11) is 1.99. The lowest BCUT2D eigenvalue weighted by molar-refractivity contribution is 1.01. The number of aryl methyl sites for hydroxylation is 2. The lowest BCUT2D eigenvalue weighted by Crippen LogP contribution is -2.11. The van der Waals surface area contributed by atoms with Crippen molar-refractivity contribution in [3.63, 3.8) is 0 Å². The Bertz CT molecular complexity index is 732. The molecule has 19 heavy (non-hydrogen) atoms. The number of hydrogen-bond acceptors (Lipinski definition) is 4. The Morgan fingerprint density at radius 2 is 2.00 bits per heavy atom. The fourth-order valence-corrected chi connectivity index (χ4v) is 2.11. The average Bonchev–Trinajstić information content (AvgIpc) is 2.79. The number of nitrogens with zero attached hydrogens (tertiary/aromatic N) is 4. The molecule has 1 N–H and O–H groups in total. The number of aromatic amines is 1. The van der Waals surface area contributed by atoms with Crippen LogP contribution in [-0.4, -0.2) is 27.2 Å². The summed E-state index contributed by atoms with van der Waals surface area (Å²) in [5.74, 6) is 1.64. The van der Waals surface area contributed by atoms with E-state index in [0.717, 1.165) is 33.9 Å². The van der Waals surface area contributed by atoms with Crippen molar-refractivity contribution in [2.75, 3.05) is 11.9 Å². The minimum absolute atomic E-state index is 0.765. The van der Waals surface area contributed by atoms with Gasteiger partial charge in [0.2, 0.25) is 0 Å². The molecule has 0 aliphatic carbocycles. The van der Waals surface area contributed by atoms with E-state index in [0.29, 0.717) is 0 Å². The lowest BCUT2D eigenvalue weighted by atomic mass is 10.2. The van der Waals surface area contributed by atoms with Gasteiger partial charge in [-0.15, -0.1) is 0 Å². The molecule has 5 heteroatoms. The molecule has 0 bridgehead atoms. The predicted octanol–water partition coefficient (Wildman–Crippen LogP) is 2.74. The number of anilines is 2. The first-order valence-electron chi connectivity index (χ1n) is 6.13. The van der Waals surface area contributed by atoms with Gasteiger partial charge in [0.05, 0.1) is 5.52 Å². The fraction of sp³-hybridized carbons (Fsp3) is 0.214. The molecular formula is C14H15N5. The van der Waals surface area contributed by atoms with Crippen molar-refractivity contribution in [1.82, 2.24) is 20.2 Å². The van der Waals surface area contributed by atoms with Crippen LogP contribution in [0.1, 0.15) is 11.5 Å². The van der Waals surface area contributed by atoms with Gasteiger partial charge in [0.15, 0.2) is 0 Å². The molecule has 5 nitrogen and oxygen atoms in total. The molecule has 0 saturated carbocycles. The monoisotopic (exact) mass is 253 g/mol. The van der Waals surface area contributed by atoms with Crippen molar-refractivity contribution in [1.29, 1.82) is 0 Å². The SMILES string of the molecule is Cc1nccc(N(C)c2ccc3c(C)[nH]nc3c2)n1. The average molecular weight is 253 g/mol. The van der Waals surface area contributed by atoms with Crippen molar-refractivity contribution in [2.45, 2.75) is 13.8 Å². The molecule has 1 aromatic carbocycles. The van der Waals surface area contributed by atoms with Crippen molar-refractivity contribution in [3.05, 3.63) is 42.0 Å². The molecule has 2 aromatic heterocycles. The molecule has 0 fully saturated rings. The van der Waals surface area contributed by atoms with Gasteiger partial charge in [0, 0.05) is 30.0 Å². The number of aromatic nitrogens is 4. The molecule has 2 heterocycles.